The highest BCUT2D eigenvalue weighted by Crippen LogP contribution is 2.22. The lowest BCUT2D eigenvalue weighted by Crippen LogP contribution is -2.51. The number of imide groups is 1. The SMILES string of the molecule is CCN(CC(=O)NN1C(=O)N[C@](C)(CCc2ccccc2)C1=O)Cc1ccccc1. The van der Waals surface area contributed by atoms with E-state index in [1.165, 1.54) is 0 Å². The molecule has 0 aromatic heterocycles. The third-order valence-corrected chi connectivity index (χ3v) is 5.32. The van der Waals surface area contributed by atoms with Crippen LogP contribution in [0.25, 0.3) is 0 Å². The molecule has 30 heavy (non-hydrogen) atoms. The third kappa shape index (κ3) is 5.24. The maximum atomic E-state index is 12.9. The number of nitrogens with zero attached hydrogens (tertiary/aromatic N) is 2. The molecule has 0 bridgehead atoms. The fourth-order valence-electron chi connectivity index (χ4n) is 3.48. The molecule has 1 atom stereocenters. The maximum absolute atomic E-state index is 12.9. The Hall–Kier alpha value is -3.19. The van der Waals surface area contributed by atoms with E-state index in [2.05, 4.69) is 10.7 Å². The number of hydrogen-bond acceptors (Lipinski definition) is 4. The topological polar surface area (TPSA) is 81.8 Å². The molecule has 2 N–H and O–H groups in total. The highest BCUT2D eigenvalue weighted by Gasteiger charge is 2.48. The largest absolute Gasteiger partial charge is 0.344 e. The Morgan fingerprint density at radius 3 is 2.23 bits per heavy atom. The van der Waals surface area contributed by atoms with Crippen LogP contribution in [0.1, 0.15) is 31.4 Å². The molecular weight excluding hydrogens is 380 g/mol. The van der Waals surface area contributed by atoms with Gasteiger partial charge in [0.25, 0.3) is 11.8 Å². The monoisotopic (exact) mass is 408 g/mol. The standard InChI is InChI=1S/C23H28N4O3/c1-3-26(16-19-12-8-5-9-13-19)17-20(28)25-27-21(29)23(2,24-22(27)30)15-14-18-10-6-4-7-11-18/h4-13H,3,14-17H2,1-2H3,(H,24,30)(H,25,28)/t23-/m1/s1. The van der Waals surface area contributed by atoms with Gasteiger partial charge in [-0.1, -0.05) is 67.6 Å². The van der Waals surface area contributed by atoms with Crippen LogP contribution >= 0.6 is 0 Å². The molecule has 0 unspecified atom stereocenters. The van der Waals surface area contributed by atoms with Gasteiger partial charge in [-0.3, -0.25) is 19.9 Å². The maximum Gasteiger partial charge on any atom is 0.344 e. The zero-order valence-corrected chi connectivity index (χ0v) is 17.4. The molecule has 1 aliphatic rings. The number of benzene rings is 2. The van der Waals surface area contributed by atoms with Crippen LogP contribution in [0.5, 0.6) is 0 Å². The molecule has 2 aromatic rings. The minimum absolute atomic E-state index is 0.0865. The van der Waals surface area contributed by atoms with Gasteiger partial charge in [0.1, 0.15) is 5.54 Å². The molecule has 3 rings (SSSR count). The van der Waals surface area contributed by atoms with E-state index < -0.39 is 23.4 Å². The number of carbonyl (C=O) groups is 3. The lowest BCUT2D eigenvalue weighted by atomic mass is 9.93. The van der Waals surface area contributed by atoms with Gasteiger partial charge in [-0.25, -0.2) is 4.79 Å². The number of hydrogen-bond donors (Lipinski definition) is 2. The van der Waals surface area contributed by atoms with E-state index >= 15 is 0 Å². The van der Waals surface area contributed by atoms with Gasteiger partial charge in [0.2, 0.25) is 0 Å². The summed E-state index contributed by atoms with van der Waals surface area (Å²) in [6, 6.07) is 19.0. The minimum Gasteiger partial charge on any atom is -0.322 e. The van der Waals surface area contributed by atoms with E-state index in [0.717, 1.165) is 16.1 Å². The number of urea groups is 1. The molecule has 0 aliphatic carbocycles. The second-order valence-corrected chi connectivity index (χ2v) is 7.71. The Morgan fingerprint density at radius 2 is 1.63 bits per heavy atom. The van der Waals surface area contributed by atoms with Crippen LogP contribution in [0.2, 0.25) is 0 Å². The first-order chi connectivity index (χ1) is 14.4. The molecule has 0 saturated carbocycles. The molecule has 1 aliphatic heterocycles. The first-order valence-electron chi connectivity index (χ1n) is 10.2. The number of amides is 4. The lowest BCUT2D eigenvalue weighted by molar-refractivity contribution is -0.139. The number of aryl methyl sites for hydroxylation is 1. The van der Waals surface area contributed by atoms with Crippen molar-refractivity contribution in [3.8, 4) is 0 Å². The fraction of sp³-hybridized carbons (Fsp3) is 0.348. The Bertz CT molecular complexity index is 888. The average molecular weight is 409 g/mol. The van der Waals surface area contributed by atoms with Crippen molar-refractivity contribution in [2.24, 2.45) is 0 Å². The summed E-state index contributed by atoms with van der Waals surface area (Å²) >= 11 is 0. The summed E-state index contributed by atoms with van der Waals surface area (Å²) in [7, 11) is 0. The van der Waals surface area contributed by atoms with Crippen molar-refractivity contribution in [2.45, 2.75) is 38.8 Å². The van der Waals surface area contributed by atoms with Gasteiger partial charge in [-0.2, -0.15) is 5.01 Å². The van der Waals surface area contributed by atoms with Crippen LogP contribution in [-0.2, 0) is 22.6 Å². The molecule has 1 fully saturated rings. The minimum atomic E-state index is -1.05. The van der Waals surface area contributed by atoms with Crippen molar-refractivity contribution in [1.29, 1.82) is 0 Å². The summed E-state index contributed by atoms with van der Waals surface area (Å²) in [5, 5.41) is 3.53. The Balaban J connectivity index is 1.56. The van der Waals surface area contributed by atoms with Crippen LogP contribution < -0.4 is 10.7 Å². The molecule has 7 nitrogen and oxygen atoms in total. The summed E-state index contributed by atoms with van der Waals surface area (Å²) in [6.45, 7) is 5.01. The molecule has 7 heteroatoms. The molecule has 0 spiro atoms. The van der Waals surface area contributed by atoms with Crippen LogP contribution in [-0.4, -0.2) is 46.4 Å². The van der Waals surface area contributed by atoms with Crippen LogP contribution in [0, 0.1) is 0 Å². The number of rotatable bonds is 9. The van der Waals surface area contributed by atoms with E-state index in [1.807, 2.05) is 72.5 Å². The quantitative estimate of drug-likeness (QED) is 0.625. The summed E-state index contributed by atoms with van der Waals surface area (Å²) in [6.07, 6.45) is 1.09. The Morgan fingerprint density at radius 1 is 1.03 bits per heavy atom. The van der Waals surface area contributed by atoms with E-state index in [9.17, 15) is 14.4 Å². The summed E-state index contributed by atoms with van der Waals surface area (Å²) in [5.41, 5.74) is 3.61. The highest BCUT2D eigenvalue weighted by molar-refractivity contribution is 6.07. The Kier molecular flexibility index (Phi) is 6.84. The van der Waals surface area contributed by atoms with Crippen molar-refractivity contribution in [3.63, 3.8) is 0 Å². The Labute approximate surface area is 177 Å². The number of nitrogens with one attached hydrogen (secondary N) is 2. The van der Waals surface area contributed by atoms with Gasteiger partial charge >= 0.3 is 6.03 Å². The zero-order chi connectivity index (χ0) is 21.6. The van der Waals surface area contributed by atoms with E-state index in [0.29, 0.717) is 25.9 Å². The molecule has 158 valence electrons. The lowest BCUT2D eigenvalue weighted by Gasteiger charge is -2.23. The highest BCUT2D eigenvalue weighted by atomic mass is 16.2. The van der Waals surface area contributed by atoms with Gasteiger partial charge < -0.3 is 5.32 Å². The van der Waals surface area contributed by atoms with Gasteiger partial charge in [-0.15, -0.1) is 0 Å². The molecule has 1 saturated heterocycles. The van der Waals surface area contributed by atoms with Crippen LogP contribution in [0.4, 0.5) is 4.79 Å². The number of hydrazine groups is 1. The fourth-order valence-corrected chi connectivity index (χ4v) is 3.48. The van der Waals surface area contributed by atoms with Crippen LogP contribution in [0.15, 0.2) is 60.7 Å². The second-order valence-electron chi connectivity index (χ2n) is 7.71. The second kappa shape index (κ2) is 9.54. The number of likely N-dealkylation sites (N-methyl/N-ethyl adjacent to an activating group) is 1. The van der Waals surface area contributed by atoms with E-state index in [4.69, 9.17) is 0 Å². The van der Waals surface area contributed by atoms with Crippen molar-refractivity contribution >= 4 is 17.8 Å². The number of carbonyl (C=O) groups excluding carboxylic acids is 3. The van der Waals surface area contributed by atoms with Crippen molar-refractivity contribution in [2.75, 3.05) is 13.1 Å². The first-order valence-corrected chi connectivity index (χ1v) is 10.2. The van der Waals surface area contributed by atoms with Gasteiger partial charge in [0.05, 0.1) is 6.54 Å². The summed E-state index contributed by atoms with van der Waals surface area (Å²) in [4.78, 5) is 39.7. The third-order valence-electron chi connectivity index (χ3n) is 5.32. The van der Waals surface area contributed by atoms with Gasteiger partial charge in [0, 0.05) is 6.54 Å². The molecule has 0 radical (unpaired) electrons. The van der Waals surface area contributed by atoms with Crippen molar-refractivity contribution in [1.82, 2.24) is 20.7 Å². The smallest absolute Gasteiger partial charge is 0.322 e. The molecule has 4 amide bonds. The summed E-state index contributed by atoms with van der Waals surface area (Å²) < 4.78 is 0. The molecule has 1 heterocycles. The van der Waals surface area contributed by atoms with Crippen molar-refractivity contribution in [3.05, 3.63) is 71.8 Å². The first kappa shape index (κ1) is 21.5. The molecule has 2 aromatic carbocycles. The van der Waals surface area contributed by atoms with Crippen molar-refractivity contribution < 1.29 is 14.4 Å². The van der Waals surface area contributed by atoms with Gasteiger partial charge in [0.15, 0.2) is 0 Å². The average Bonchev–Trinajstić information content (AvgIpc) is 2.96. The summed E-state index contributed by atoms with van der Waals surface area (Å²) in [5.74, 6) is -0.841. The van der Waals surface area contributed by atoms with Crippen LogP contribution in [0.3, 0.4) is 0 Å². The predicted octanol–water partition coefficient (Wildman–Crippen LogP) is 2.48. The zero-order valence-electron chi connectivity index (χ0n) is 17.4. The normalized spacial score (nSPS) is 18.6. The predicted molar refractivity (Wildman–Crippen MR) is 114 cm³/mol. The van der Waals surface area contributed by atoms with Gasteiger partial charge in [-0.05, 0) is 37.4 Å². The van der Waals surface area contributed by atoms with E-state index in [-0.39, 0.29) is 6.54 Å². The van der Waals surface area contributed by atoms with E-state index in [1.54, 1.807) is 6.92 Å². The molecular formula is C23H28N4O3.